The van der Waals surface area contributed by atoms with E-state index >= 15 is 0 Å². The minimum Gasteiger partial charge on any atom is -0.120 e. The van der Waals surface area contributed by atoms with E-state index in [1.54, 1.807) is 0 Å². The molecule has 1 heteroatoms. The Morgan fingerprint density at radius 2 is 1.58 bits per heavy atom. The summed E-state index contributed by atoms with van der Waals surface area (Å²) in [5.74, 6) is 0.879. The average molecular weight is 189 g/mol. The van der Waals surface area contributed by atoms with Crippen molar-refractivity contribution in [2.45, 2.75) is 58.3 Å². The standard InChI is InChI=1S/C11H21Cl/c1-10(2,3)9-5-7-11(4,12)8-6-9/h9H,5-8H2,1-4H3. The zero-order chi connectivity index (χ0) is 9.41. The van der Waals surface area contributed by atoms with E-state index in [1.807, 2.05) is 0 Å². The quantitative estimate of drug-likeness (QED) is 0.500. The van der Waals surface area contributed by atoms with Crippen LogP contribution in [0.25, 0.3) is 0 Å². The molecular weight excluding hydrogens is 168 g/mol. The van der Waals surface area contributed by atoms with Gasteiger partial charge in [-0.3, -0.25) is 0 Å². The summed E-state index contributed by atoms with van der Waals surface area (Å²) in [6.45, 7) is 9.20. The minimum absolute atomic E-state index is 0.0990. The molecule has 0 heterocycles. The highest BCUT2D eigenvalue weighted by atomic mass is 35.5. The second-order valence-electron chi connectivity index (χ2n) is 5.55. The van der Waals surface area contributed by atoms with Crippen molar-refractivity contribution >= 4 is 11.6 Å². The third-order valence-corrected chi connectivity index (χ3v) is 3.63. The highest BCUT2D eigenvalue weighted by Crippen LogP contribution is 2.43. The fourth-order valence-electron chi connectivity index (χ4n) is 2.09. The molecule has 0 atom stereocenters. The van der Waals surface area contributed by atoms with E-state index in [1.165, 1.54) is 25.7 Å². The Morgan fingerprint density at radius 1 is 1.17 bits per heavy atom. The molecule has 72 valence electrons. The highest BCUT2D eigenvalue weighted by molar-refractivity contribution is 6.23. The molecule has 0 spiro atoms. The Morgan fingerprint density at radius 3 is 1.92 bits per heavy atom. The predicted molar refractivity (Wildman–Crippen MR) is 55.7 cm³/mol. The molecular formula is C11H21Cl. The number of rotatable bonds is 0. The van der Waals surface area contributed by atoms with Gasteiger partial charge >= 0.3 is 0 Å². The maximum absolute atomic E-state index is 6.29. The lowest BCUT2D eigenvalue weighted by atomic mass is 9.70. The van der Waals surface area contributed by atoms with Gasteiger partial charge in [0.05, 0.1) is 0 Å². The fourth-order valence-corrected chi connectivity index (χ4v) is 2.30. The van der Waals surface area contributed by atoms with Gasteiger partial charge in [0, 0.05) is 4.87 Å². The molecule has 0 N–H and O–H groups in total. The zero-order valence-electron chi connectivity index (χ0n) is 8.78. The van der Waals surface area contributed by atoms with Crippen LogP contribution in [0, 0.1) is 11.3 Å². The van der Waals surface area contributed by atoms with E-state index in [0.717, 1.165) is 5.92 Å². The molecule has 0 aromatic heterocycles. The molecule has 12 heavy (non-hydrogen) atoms. The normalized spacial score (nSPS) is 38.2. The molecule has 1 fully saturated rings. The van der Waals surface area contributed by atoms with Crippen LogP contribution in [0.3, 0.4) is 0 Å². The molecule has 1 aliphatic carbocycles. The predicted octanol–water partition coefficient (Wildman–Crippen LogP) is 4.22. The maximum Gasteiger partial charge on any atom is 0.0419 e. The molecule has 0 amide bonds. The van der Waals surface area contributed by atoms with E-state index in [2.05, 4.69) is 27.7 Å². The van der Waals surface area contributed by atoms with E-state index in [4.69, 9.17) is 11.6 Å². The number of halogens is 1. The molecule has 0 radical (unpaired) electrons. The first-order valence-electron chi connectivity index (χ1n) is 5.00. The van der Waals surface area contributed by atoms with Crippen LogP contribution in [0.15, 0.2) is 0 Å². The largest absolute Gasteiger partial charge is 0.120 e. The van der Waals surface area contributed by atoms with Gasteiger partial charge in [-0.2, -0.15) is 0 Å². The molecule has 0 bridgehead atoms. The van der Waals surface area contributed by atoms with Crippen LogP contribution in [0.2, 0.25) is 0 Å². The zero-order valence-corrected chi connectivity index (χ0v) is 9.54. The lowest BCUT2D eigenvalue weighted by Crippen LogP contribution is -2.31. The Hall–Kier alpha value is 0.290. The van der Waals surface area contributed by atoms with Crippen molar-refractivity contribution < 1.29 is 0 Å². The third kappa shape index (κ3) is 2.65. The molecule has 0 unspecified atom stereocenters. The van der Waals surface area contributed by atoms with E-state index < -0.39 is 0 Å². The summed E-state index contributed by atoms with van der Waals surface area (Å²) < 4.78 is 0. The summed E-state index contributed by atoms with van der Waals surface area (Å²) in [6, 6.07) is 0. The number of hydrogen-bond donors (Lipinski definition) is 0. The first-order chi connectivity index (χ1) is 5.31. The van der Waals surface area contributed by atoms with Crippen molar-refractivity contribution in [3.05, 3.63) is 0 Å². The summed E-state index contributed by atoms with van der Waals surface area (Å²) in [4.78, 5) is 0.0990. The van der Waals surface area contributed by atoms with Gasteiger partial charge in [0.25, 0.3) is 0 Å². The van der Waals surface area contributed by atoms with Crippen molar-refractivity contribution in [1.29, 1.82) is 0 Å². The van der Waals surface area contributed by atoms with Gasteiger partial charge < -0.3 is 0 Å². The van der Waals surface area contributed by atoms with Gasteiger partial charge in [0.1, 0.15) is 0 Å². The average Bonchev–Trinajstić information content (AvgIpc) is 1.83. The lowest BCUT2D eigenvalue weighted by Gasteiger charge is -2.39. The summed E-state index contributed by atoms with van der Waals surface area (Å²) in [5, 5.41) is 0. The van der Waals surface area contributed by atoms with Crippen LogP contribution < -0.4 is 0 Å². The van der Waals surface area contributed by atoms with Crippen LogP contribution in [0.5, 0.6) is 0 Å². The maximum atomic E-state index is 6.29. The molecule has 1 rings (SSSR count). The van der Waals surface area contributed by atoms with Crippen LogP contribution in [-0.4, -0.2) is 4.87 Å². The number of alkyl halides is 1. The molecule has 0 aromatic rings. The Balaban J connectivity index is 2.47. The summed E-state index contributed by atoms with van der Waals surface area (Å²) in [7, 11) is 0. The van der Waals surface area contributed by atoms with Crippen molar-refractivity contribution in [3.63, 3.8) is 0 Å². The Kier molecular flexibility index (Phi) is 2.78. The van der Waals surface area contributed by atoms with Gasteiger partial charge in [0.2, 0.25) is 0 Å². The first-order valence-corrected chi connectivity index (χ1v) is 5.38. The third-order valence-electron chi connectivity index (χ3n) is 3.25. The van der Waals surface area contributed by atoms with Crippen molar-refractivity contribution in [3.8, 4) is 0 Å². The van der Waals surface area contributed by atoms with Crippen LogP contribution in [-0.2, 0) is 0 Å². The van der Waals surface area contributed by atoms with Crippen molar-refractivity contribution in [1.82, 2.24) is 0 Å². The van der Waals surface area contributed by atoms with Crippen molar-refractivity contribution in [2.24, 2.45) is 11.3 Å². The SMILES string of the molecule is CC1(Cl)CCC(C(C)(C)C)CC1. The van der Waals surface area contributed by atoms with E-state index in [0.29, 0.717) is 5.41 Å². The van der Waals surface area contributed by atoms with Gasteiger partial charge in [-0.05, 0) is 43.9 Å². The topological polar surface area (TPSA) is 0 Å². The summed E-state index contributed by atoms with van der Waals surface area (Å²) in [6.07, 6.45) is 5.00. The fraction of sp³-hybridized carbons (Fsp3) is 1.00. The van der Waals surface area contributed by atoms with Gasteiger partial charge in [-0.15, -0.1) is 11.6 Å². The van der Waals surface area contributed by atoms with Crippen molar-refractivity contribution in [2.75, 3.05) is 0 Å². The summed E-state index contributed by atoms with van der Waals surface area (Å²) in [5.41, 5.74) is 0.480. The van der Waals surface area contributed by atoms with Gasteiger partial charge in [0.15, 0.2) is 0 Å². The van der Waals surface area contributed by atoms with Crippen LogP contribution >= 0.6 is 11.6 Å². The second-order valence-corrected chi connectivity index (χ2v) is 6.47. The van der Waals surface area contributed by atoms with Crippen LogP contribution in [0.4, 0.5) is 0 Å². The smallest absolute Gasteiger partial charge is 0.0419 e. The molecule has 0 aliphatic heterocycles. The minimum atomic E-state index is 0.0990. The van der Waals surface area contributed by atoms with Gasteiger partial charge in [-0.25, -0.2) is 0 Å². The molecule has 0 nitrogen and oxygen atoms in total. The van der Waals surface area contributed by atoms with E-state index in [-0.39, 0.29) is 4.87 Å². The Labute approximate surface area is 81.7 Å². The second kappa shape index (κ2) is 3.21. The molecule has 1 aliphatic rings. The first kappa shape index (κ1) is 10.4. The molecule has 0 aromatic carbocycles. The number of hydrogen-bond acceptors (Lipinski definition) is 0. The van der Waals surface area contributed by atoms with Crippen LogP contribution in [0.1, 0.15) is 53.4 Å². The summed E-state index contributed by atoms with van der Waals surface area (Å²) >= 11 is 6.29. The monoisotopic (exact) mass is 188 g/mol. The van der Waals surface area contributed by atoms with Gasteiger partial charge in [-0.1, -0.05) is 20.8 Å². The highest BCUT2D eigenvalue weighted by Gasteiger charge is 2.34. The Bertz CT molecular complexity index is 143. The molecule has 0 saturated heterocycles. The van der Waals surface area contributed by atoms with E-state index in [9.17, 15) is 0 Å². The molecule has 1 saturated carbocycles. The lowest BCUT2D eigenvalue weighted by molar-refractivity contribution is 0.163.